The van der Waals surface area contributed by atoms with E-state index in [0.29, 0.717) is 19.4 Å². The lowest BCUT2D eigenvalue weighted by Crippen LogP contribution is -2.44. The first-order valence-electron chi connectivity index (χ1n) is 9.26. The van der Waals surface area contributed by atoms with E-state index in [2.05, 4.69) is 0 Å². The molecule has 0 aliphatic carbocycles. The third-order valence-corrected chi connectivity index (χ3v) is 4.66. The normalized spacial score (nSPS) is 20.4. The lowest BCUT2D eigenvalue weighted by atomic mass is 9.92. The van der Waals surface area contributed by atoms with Gasteiger partial charge in [-0.25, -0.2) is 9.18 Å². The number of piperidine rings is 1. The molecule has 0 radical (unpaired) electrons. The molecular formula is C22H26FNO3. The summed E-state index contributed by atoms with van der Waals surface area (Å²) >= 11 is 0. The molecule has 3 rings (SSSR count). The number of aliphatic hydroxyl groups excluding tert-OH is 1. The Labute approximate surface area is 159 Å². The van der Waals surface area contributed by atoms with Gasteiger partial charge in [-0.2, -0.15) is 0 Å². The fourth-order valence-corrected chi connectivity index (χ4v) is 3.37. The maximum atomic E-state index is 13.5. The monoisotopic (exact) mass is 371 g/mol. The molecule has 1 amide bonds. The van der Waals surface area contributed by atoms with Gasteiger partial charge in [-0.15, -0.1) is 0 Å². The van der Waals surface area contributed by atoms with Crippen LogP contribution < -0.4 is 0 Å². The zero-order valence-corrected chi connectivity index (χ0v) is 16.0. The van der Waals surface area contributed by atoms with Gasteiger partial charge in [0.2, 0.25) is 0 Å². The molecule has 27 heavy (non-hydrogen) atoms. The molecule has 1 fully saturated rings. The minimum absolute atomic E-state index is 0.245. The number of nitrogens with zero attached hydrogens (tertiary/aromatic N) is 1. The molecule has 1 N–H and O–H groups in total. The van der Waals surface area contributed by atoms with Crippen molar-refractivity contribution in [3.63, 3.8) is 0 Å². The van der Waals surface area contributed by atoms with E-state index in [-0.39, 0.29) is 18.0 Å². The van der Waals surface area contributed by atoms with Gasteiger partial charge in [0.1, 0.15) is 11.4 Å². The number of likely N-dealkylation sites (tertiary alicyclic amines) is 1. The van der Waals surface area contributed by atoms with Gasteiger partial charge in [-0.05, 0) is 62.4 Å². The van der Waals surface area contributed by atoms with E-state index in [0.717, 1.165) is 16.7 Å². The van der Waals surface area contributed by atoms with Gasteiger partial charge < -0.3 is 14.7 Å². The summed E-state index contributed by atoms with van der Waals surface area (Å²) in [5.41, 5.74) is 2.06. The highest BCUT2D eigenvalue weighted by atomic mass is 19.1. The lowest BCUT2D eigenvalue weighted by molar-refractivity contribution is -0.00842. The Balaban J connectivity index is 1.84. The van der Waals surface area contributed by atoms with Crippen LogP contribution in [0.1, 0.15) is 45.2 Å². The highest BCUT2D eigenvalue weighted by Crippen LogP contribution is 2.33. The van der Waals surface area contributed by atoms with Crippen LogP contribution >= 0.6 is 0 Å². The van der Waals surface area contributed by atoms with Gasteiger partial charge >= 0.3 is 6.09 Å². The number of hydrogen-bond acceptors (Lipinski definition) is 3. The molecular weight excluding hydrogens is 345 g/mol. The summed E-state index contributed by atoms with van der Waals surface area (Å²) in [6.45, 7) is 5.97. The first-order chi connectivity index (χ1) is 12.7. The van der Waals surface area contributed by atoms with Crippen LogP contribution in [0.25, 0.3) is 11.1 Å². The van der Waals surface area contributed by atoms with E-state index < -0.39 is 11.7 Å². The number of amides is 1. The third-order valence-electron chi connectivity index (χ3n) is 4.66. The van der Waals surface area contributed by atoms with Crippen molar-refractivity contribution in [2.75, 3.05) is 6.54 Å². The first kappa shape index (κ1) is 19.4. The average molecular weight is 371 g/mol. The van der Waals surface area contributed by atoms with E-state index in [9.17, 15) is 14.3 Å². The summed E-state index contributed by atoms with van der Waals surface area (Å²) in [5.74, 6) is -0.275. The second-order valence-electron chi connectivity index (χ2n) is 8.00. The molecule has 0 saturated carbocycles. The van der Waals surface area contributed by atoms with Crippen molar-refractivity contribution in [3.8, 4) is 11.1 Å². The fourth-order valence-electron chi connectivity index (χ4n) is 3.37. The standard InChI is InChI=1S/C22H26FNO3/c1-22(2,3)27-21(26)24-12-11-19(25)14-20(24)16-9-7-15(8-10-16)17-5-4-6-18(23)13-17/h4-10,13,19-20,25H,11-12,14H2,1-3H3. The Morgan fingerprint density at radius 3 is 2.48 bits per heavy atom. The van der Waals surface area contributed by atoms with Crippen LogP contribution in [0.3, 0.4) is 0 Å². The van der Waals surface area contributed by atoms with Crippen LogP contribution in [0.15, 0.2) is 48.5 Å². The predicted octanol–water partition coefficient (Wildman–Crippen LogP) is 4.93. The highest BCUT2D eigenvalue weighted by Gasteiger charge is 2.34. The van der Waals surface area contributed by atoms with E-state index in [1.54, 1.807) is 11.0 Å². The number of ether oxygens (including phenoxy) is 1. The molecule has 0 bridgehead atoms. The fraction of sp³-hybridized carbons (Fsp3) is 0.409. The van der Waals surface area contributed by atoms with Crippen molar-refractivity contribution in [1.29, 1.82) is 0 Å². The second kappa shape index (κ2) is 7.69. The minimum Gasteiger partial charge on any atom is -0.444 e. The Hall–Kier alpha value is -2.40. The van der Waals surface area contributed by atoms with Crippen molar-refractivity contribution in [2.45, 2.75) is 51.4 Å². The number of hydrogen-bond donors (Lipinski definition) is 1. The van der Waals surface area contributed by atoms with Crippen LogP contribution in [-0.4, -0.2) is 34.3 Å². The van der Waals surface area contributed by atoms with Crippen LogP contribution in [0.4, 0.5) is 9.18 Å². The molecule has 2 aromatic rings. The predicted molar refractivity (Wildman–Crippen MR) is 103 cm³/mol. The Kier molecular flexibility index (Phi) is 5.51. The Morgan fingerprint density at radius 2 is 1.85 bits per heavy atom. The molecule has 1 saturated heterocycles. The molecule has 4 nitrogen and oxygen atoms in total. The molecule has 1 heterocycles. The van der Waals surface area contributed by atoms with Crippen LogP contribution in [0.5, 0.6) is 0 Å². The molecule has 0 aromatic heterocycles. The molecule has 1 aliphatic rings. The van der Waals surface area contributed by atoms with E-state index in [4.69, 9.17) is 4.74 Å². The minimum atomic E-state index is -0.570. The molecule has 5 heteroatoms. The quantitative estimate of drug-likeness (QED) is 0.815. The SMILES string of the molecule is CC(C)(C)OC(=O)N1CCC(O)CC1c1ccc(-c2cccc(F)c2)cc1. The van der Waals surface area contributed by atoms with E-state index in [1.807, 2.05) is 51.1 Å². The number of carbonyl (C=O) groups is 1. The summed E-state index contributed by atoms with van der Waals surface area (Å²) in [6, 6.07) is 13.9. The van der Waals surface area contributed by atoms with Gasteiger partial charge in [0, 0.05) is 6.54 Å². The summed E-state index contributed by atoms with van der Waals surface area (Å²) in [6.07, 6.45) is 0.195. The molecule has 0 spiro atoms. The molecule has 144 valence electrons. The summed E-state index contributed by atoms with van der Waals surface area (Å²) in [7, 11) is 0. The van der Waals surface area contributed by atoms with Crippen molar-refractivity contribution < 1.29 is 19.0 Å². The number of benzene rings is 2. The van der Waals surface area contributed by atoms with Gasteiger partial charge in [0.15, 0.2) is 0 Å². The number of rotatable bonds is 2. The molecule has 2 aromatic carbocycles. The van der Waals surface area contributed by atoms with Crippen LogP contribution in [0, 0.1) is 5.82 Å². The van der Waals surface area contributed by atoms with Gasteiger partial charge in [-0.1, -0.05) is 36.4 Å². The molecule has 2 atom stereocenters. The van der Waals surface area contributed by atoms with Gasteiger partial charge in [-0.3, -0.25) is 0 Å². The average Bonchev–Trinajstić information content (AvgIpc) is 2.60. The van der Waals surface area contributed by atoms with Crippen molar-refractivity contribution in [1.82, 2.24) is 4.90 Å². The topological polar surface area (TPSA) is 49.8 Å². The smallest absolute Gasteiger partial charge is 0.410 e. The maximum Gasteiger partial charge on any atom is 0.410 e. The summed E-state index contributed by atoms with van der Waals surface area (Å²) < 4.78 is 19.0. The van der Waals surface area contributed by atoms with Crippen molar-refractivity contribution >= 4 is 6.09 Å². The van der Waals surface area contributed by atoms with Crippen LogP contribution in [-0.2, 0) is 4.74 Å². The van der Waals surface area contributed by atoms with Gasteiger partial charge in [0.05, 0.1) is 12.1 Å². The Bertz CT molecular complexity index is 798. The van der Waals surface area contributed by atoms with Crippen molar-refractivity contribution in [2.24, 2.45) is 0 Å². The highest BCUT2D eigenvalue weighted by molar-refractivity contribution is 5.69. The van der Waals surface area contributed by atoms with Gasteiger partial charge in [0.25, 0.3) is 0 Å². The zero-order valence-electron chi connectivity index (χ0n) is 16.0. The van der Waals surface area contributed by atoms with Crippen molar-refractivity contribution in [3.05, 3.63) is 59.9 Å². The summed E-state index contributed by atoms with van der Waals surface area (Å²) in [4.78, 5) is 14.3. The lowest BCUT2D eigenvalue weighted by Gasteiger charge is -2.38. The Morgan fingerprint density at radius 1 is 1.15 bits per heavy atom. The third kappa shape index (κ3) is 4.86. The number of halogens is 1. The van der Waals surface area contributed by atoms with E-state index >= 15 is 0 Å². The first-order valence-corrected chi connectivity index (χ1v) is 9.26. The number of carbonyl (C=O) groups excluding carboxylic acids is 1. The maximum absolute atomic E-state index is 13.5. The molecule has 1 aliphatic heterocycles. The summed E-state index contributed by atoms with van der Waals surface area (Å²) in [5, 5.41) is 10.1. The second-order valence-corrected chi connectivity index (χ2v) is 8.00. The van der Waals surface area contributed by atoms with E-state index in [1.165, 1.54) is 12.1 Å². The zero-order chi connectivity index (χ0) is 19.6. The number of aliphatic hydroxyl groups is 1. The largest absolute Gasteiger partial charge is 0.444 e. The molecule has 2 unspecified atom stereocenters. The van der Waals surface area contributed by atoms with Crippen LogP contribution in [0.2, 0.25) is 0 Å².